The van der Waals surface area contributed by atoms with E-state index in [0.717, 1.165) is 58.2 Å². The van der Waals surface area contributed by atoms with Crippen LogP contribution in [0.15, 0.2) is 0 Å². The molecule has 4 aliphatic rings. The van der Waals surface area contributed by atoms with E-state index < -0.39 is 0 Å². The second-order valence-electron chi connectivity index (χ2n) is 18.3. The lowest BCUT2D eigenvalue weighted by molar-refractivity contribution is 0.0135. The summed E-state index contributed by atoms with van der Waals surface area (Å²) in [6.45, 7) is 38.1. The van der Waals surface area contributed by atoms with Crippen molar-refractivity contribution in [3.63, 3.8) is 0 Å². The molecule has 4 saturated carbocycles. The van der Waals surface area contributed by atoms with Gasteiger partial charge in [-0.3, -0.25) is 0 Å². The third-order valence-electron chi connectivity index (χ3n) is 14.6. The lowest BCUT2D eigenvalue weighted by atomic mass is 9.56. The van der Waals surface area contributed by atoms with Crippen LogP contribution in [-0.4, -0.2) is 0 Å². The van der Waals surface area contributed by atoms with Crippen molar-refractivity contribution < 1.29 is 0 Å². The molecule has 0 N–H and O–H groups in total. The first-order valence-electron chi connectivity index (χ1n) is 19.4. The highest BCUT2D eigenvalue weighted by atomic mass is 14.5. The van der Waals surface area contributed by atoms with E-state index in [1.165, 1.54) is 89.9 Å². The van der Waals surface area contributed by atoms with Crippen LogP contribution in [-0.2, 0) is 0 Å². The molecule has 0 aromatic heterocycles. The summed E-state index contributed by atoms with van der Waals surface area (Å²) < 4.78 is 0. The van der Waals surface area contributed by atoms with Crippen molar-refractivity contribution in [1.29, 1.82) is 0 Å². The molecule has 0 heteroatoms. The zero-order valence-electron chi connectivity index (χ0n) is 32.5. The van der Waals surface area contributed by atoms with E-state index in [0.29, 0.717) is 10.8 Å². The Morgan fingerprint density at radius 3 is 0.476 bits per heavy atom. The van der Waals surface area contributed by atoms with Crippen molar-refractivity contribution in [1.82, 2.24) is 0 Å². The molecule has 0 unspecified atom stereocenters. The average molecular weight is 589 g/mol. The topological polar surface area (TPSA) is 0 Å². The van der Waals surface area contributed by atoms with Crippen molar-refractivity contribution in [2.75, 3.05) is 0 Å². The van der Waals surface area contributed by atoms with Crippen LogP contribution < -0.4 is 0 Å². The summed E-state index contributed by atoms with van der Waals surface area (Å²) in [7, 11) is 0. The van der Waals surface area contributed by atoms with Crippen molar-refractivity contribution in [2.24, 2.45) is 69.0 Å². The minimum Gasteiger partial charge on any atom is -0.0622 e. The second-order valence-corrected chi connectivity index (χ2v) is 18.3. The molecule has 4 fully saturated rings. The second kappa shape index (κ2) is 17.1. The molecular weight excluding hydrogens is 504 g/mol. The van der Waals surface area contributed by atoms with Gasteiger partial charge in [-0.25, -0.2) is 0 Å². The van der Waals surface area contributed by atoms with E-state index in [1.54, 1.807) is 0 Å². The zero-order valence-corrected chi connectivity index (χ0v) is 32.5. The Bertz CT molecular complexity index is 654. The fraction of sp³-hybridized carbons (Fsp3) is 1.00. The molecule has 0 bridgehead atoms. The molecule has 0 nitrogen and oxygen atoms in total. The molecule has 0 saturated heterocycles. The normalized spacial score (nSPS) is 23.4. The van der Waals surface area contributed by atoms with Gasteiger partial charge in [-0.15, -0.1) is 0 Å². The maximum Gasteiger partial charge on any atom is -0.0251 e. The highest BCUT2D eigenvalue weighted by molar-refractivity contribution is 4.97. The van der Waals surface area contributed by atoms with E-state index in [-0.39, 0.29) is 0 Å². The van der Waals surface area contributed by atoms with Crippen LogP contribution >= 0.6 is 0 Å². The predicted molar refractivity (Wildman–Crippen MR) is 193 cm³/mol. The maximum atomic E-state index is 2.41. The van der Waals surface area contributed by atoms with Gasteiger partial charge in [0.1, 0.15) is 0 Å². The van der Waals surface area contributed by atoms with Crippen LogP contribution in [0.1, 0.15) is 201 Å². The third-order valence-corrected chi connectivity index (χ3v) is 14.6. The quantitative estimate of drug-likeness (QED) is 0.264. The van der Waals surface area contributed by atoms with Gasteiger partial charge in [-0.1, -0.05) is 149 Å². The van der Waals surface area contributed by atoms with Crippen LogP contribution in [0.25, 0.3) is 0 Å². The molecule has 0 atom stereocenters. The van der Waals surface area contributed by atoms with Crippen molar-refractivity contribution in [3.8, 4) is 0 Å². The van der Waals surface area contributed by atoms with Crippen LogP contribution in [0.2, 0.25) is 0 Å². The zero-order chi connectivity index (χ0) is 32.5. The Morgan fingerprint density at radius 2 is 0.381 bits per heavy atom. The van der Waals surface area contributed by atoms with Gasteiger partial charge in [0.2, 0.25) is 0 Å². The molecule has 0 aliphatic heterocycles. The van der Waals surface area contributed by atoms with E-state index in [4.69, 9.17) is 0 Å². The lowest BCUT2D eigenvalue weighted by Crippen LogP contribution is -2.39. The van der Waals surface area contributed by atoms with E-state index in [2.05, 4.69) is 111 Å². The monoisotopic (exact) mass is 589 g/mol. The first kappa shape index (κ1) is 40.0. The van der Waals surface area contributed by atoms with Gasteiger partial charge in [0.05, 0.1) is 0 Å². The highest BCUT2D eigenvalue weighted by Crippen LogP contribution is 2.57. The molecule has 0 amide bonds. The van der Waals surface area contributed by atoms with Gasteiger partial charge in [0.25, 0.3) is 0 Å². The summed E-state index contributed by atoms with van der Waals surface area (Å²) in [5.74, 6) is 7.09. The van der Waals surface area contributed by atoms with Gasteiger partial charge in [-0.05, 0) is 120 Å². The van der Waals surface area contributed by atoms with Crippen LogP contribution in [0.5, 0.6) is 0 Å². The Labute approximate surface area is 269 Å². The van der Waals surface area contributed by atoms with Crippen LogP contribution in [0.4, 0.5) is 0 Å². The molecule has 0 aromatic carbocycles. The smallest absolute Gasteiger partial charge is 0.0251 e. The van der Waals surface area contributed by atoms with Gasteiger partial charge in [0, 0.05) is 0 Å². The van der Waals surface area contributed by atoms with Gasteiger partial charge >= 0.3 is 0 Å². The van der Waals surface area contributed by atoms with Crippen molar-refractivity contribution in [3.05, 3.63) is 0 Å². The summed E-state index contributed by atoms with van der Waals surface area (Å²) >= 11 is 0. The lowest BCUT2D eigenvalue weighted by Gasteiger charge is -2.49. The maximum absolute atomic E-state index is 2.41. The summed E-state index contributed by atoms with van der Waals surface area (Å²) in [6.07, 6.45) is 20.6. The molecule has 0 heterocycles. The first-order valence-corrected chi connectivity index (χ1v) is 19.4. The summed E-state index contributed by atoms with van der Waals surface area (Å²) in [5.41, 5.74) is 2.85. The average Bonchev–Trinajstić information content (AvgIpc) is 3.54. The molecule has 252 valence electrons. The number of hydrogen-bond donors (Lipinski definition) is 0. The molecular formula is C42H84. The molecule has 0 spiro atoms. The summed E-state index contributed by atoms with van der Waals surface area (Å²) in [4.78, 5) is 0. The highest BCUT2D eigenvalue weighted by Gasteiger charge is 2.47. The summed E-state index contributed by atoms with van der Waals surface area (Å²) in [5, 5.41) is 0. The van der Waals surface area contributed by atoms with E-state index in [1.807, 2.05) is 0 Å². The number of rotatable bonds is 8. The van der Waals surface area contributed by atoms with Gasteiger partial charge in [-0.2, -0.15) is 0 Å². The summed E-state index contributed by atoms with van der Waals surface area (Å²) in [6, 6.07) is 0. The van der Waals surface area contributed by atoms with E-state index in [9.17, 15) is 0 Å². The minimum atomic E-state index is 0.679. The Morgan fingerprint density at radius 1 is 0.214 bits per heavy atom. The molecule has 4 rings (SSSR count). The van der Waals surface area contributed by atoms with Crippen molar-refractivity contribution in [2.45, 2.75) is 201 Å². The Kier molecular flexibility index (Phi) is 16.3. The fourth-order valence-corrected chi connectivity index (χ4v) is 10.3. The van der Waals surface area contributed by atoms with Gasteiger partial charge in [0.15, 0.2) is 0 Å². The largest absolute Gasteiger partial charge is 0.0622 e. The molecule has 4 aliphatic carbocycles. The van der Waals surface area contributed by atoms with Crippen molar-refractivity contribution >= 4 is 0 Å². The van der Waals surface area contributed by atoms with E-state index >= 15 is 0 Å². The standard InChI is InChI=1S/C12H24.C11H22.C10H20.C9H18/c1-10(2)12(11(3)4)8-6-5-7-9-12;1-9(2)11(10(3)4)7-5-6-8-11;1-8(2)10(9(3)4)6-5-7-10;1-7(2)9(5-6-9)8(3)4/h10-11H,5-9H2,1-4H3;9-10H,5-8H2,1-4H3;8-9H,5-7H2,1-4H3;7-8H,5-6H2,1-4H3. The molecule has 0 aromatic rings. The predicted octanol–water partition coefficient (Wildman–Crippen LogP) is 14.7. The molecule has 0 radical (unpaired) electrons. The molecule has 42 heavy (non-hydrogen) atoms. The number of hydrogen-bond acceptors (Lipinski definition) is 0. The van der Waals surface area contributed by atoms with Crippen LogP contribution in [0, 0.1) is 69.0 Å². The SMILES string of the molecule is CC(C)C1(C(C)C)CC1.CC(C)C1(C(C)C)CCC1.CC(C)C1(C(C)C)CCCC1.CC(C)C1(C(C)C)CCCCC1. The third kappa shape index (κ3) is 9.51. The first-order chi connectivity index (χ1) is 19.4. The van der Waals surface area contributed by atoms with Gasteiger partial charge < -0.3 is 0 Å². The Balaban J connectivity index is 0.000000281. The fourth-order valence-electron chi connectivity index (χ4n) is 10.3. The minimum absolute atomic E-state index is 0.679. The van der Waals surface area contributed by atoms with Crippen LogP contribution in [0.3, 0.4) is 0 Å². The Hall–Kier alpha value is 0.